The quantitative estimate of drug-likeness (QED) is 0.0790. The number of benzene rings is 4. The Hall–Kier alpha value is -5.17. The van der Waals surface area contributed by atoms with Crippen LogP contribution in [-0.4, -0.2) is 63.4 Å². The average Bonchev–Trinajstić information content (AvgIpc) is 3.81. The lowest BCUT2D eigenvalue weighted by Gasteiger charge is -2.32. The lowest BCUT2D eigenvalue weighted by Crippen LogP contribution is -2.41. The Bertz CT molecular complexity index is 2480. The molecule has 0 saturated carbocycles. The zero-order chi connectivity index (χ0) is 47.2. The normalized spacial score (nSPS) is 14.5. The Morgan fingerprint density at radius 1 is 0.594 bits per heavy atom. The smallest absolute Gasteiger partial charge is 0.399 e. The van der Waals surface area contributed by atoms with Crippen molar-refractivity contribution in [1.29, 1.82) is 0 Å². The van der Waals surface area contributed by atoms with Crippen LogP contribution in [0, 0.1) is 27.0 Å². The molecule has 4 N–H and O–H groups in total. The third-order valence-electron chi connectivity index (χ3n) is 9.38. The van der Waals surface area contributed by atoms with E-state index >= 15 is 0 Å². The molecule has 1 aliphatic rings. The van der Waals surface area contributed by atoms with Crippen LogP contribution < -0.4 is 16.9 Å². The monoisotopic (exact) mass is 1020 g/mol. The number of ether oxygens (including phenoxy) is 2. The van der Waals surface area contributed by atoms with Gasteiger partial charge in [-0.3, -0.25) is 0 Å². The van der Waals surface area contributed by atoms with Crippen LogP contribution in [-0.2, 0) is 32.0 Å². The summed E-state index contributed by atoms with van der Waals surface area (Å²) >= 11 is 2.12. The zero-order valence-electron chi connectivity index (χ0n) is 34.4. The summed E-state index contributed by atoms with van der Waals surface area (Å²) in [5.41, 5.74) is 13.1. The molecule has 7 rings (SSSR count). The first-order chi connectivity index (χ1) is 29.8. The van der Waals surface area contributed by atoms with E-state index in [0.29, 0.717) is 33.8 Å². The molecule has 2 aromatic heterocycles. The Kier molecular flexibility index (Phi) is 15.8. The minimum Gasteiger partial charge on any atom is -0.399 e. The van der Waals surface area contributed by atoms with Crippen LogP contribution in [0.15, 0.2) is 97.1 Å². The van der Waals surface area contributed by atoms with Gasteiger partial charge in [0, 0.05) is 17.7 Å². The predicted octanol–water partition coefficient (Wildman–Crippen LogP) is 9.88. The first kappa shape index (κ1) is 49.8. The molecule has 4 aromatic carbocycles. The zero-order valence-corrected chi connectivity index (χ0v) is 36.5. The number of nitrogen functional groups attached to an aromatic ring is 2. The minimum atomic E-state index is -4.47. The molecular formula is C42H40BF10IN6O4. The van der Waals surface area contributed by atoms with Gasteiger partial charge in [-0.05, 0) is 146 Å². The highest BCUT2D eigenvalue weighted by Crippen LogP contribution is 2.36. The Labute approximate surface area is 374 Å². The van der Waals surface area contributed by atoms with Crippen molar-refractivity contribution in [2.45, 2.75) is 64.5 Å². The van der Waals surface area contributed by atoms with Crippen LogP contribution in [0.25, 0.3) is 22.6 Å². The molecule has 6 aromatic rings. The molecule has 0 radical (unpaired) electrons. The van der Waals surface area contributed by atoms with Crippen molar-refractivity contribution in [2.24, 2.45) is 0 Å². The van der Waals surface area contributed by atoms with E-state index in [9.17, 15) is 43.9 Å². The number of halogens is 11. The van der Waals surface area contributed by atoms with Gasteiger partial charge in [-0.2, -0.15) is 31.4 Å². The topological polar surface area (TPSA) is 125 Å². The van der Waals surface area contributed by atoms with Gasteiger partial charge >= 0.3 is 19.5 Å². The molecule has 0 bridgehead atoms. The maximum atomic E-state index is 14.0. The van der Waals surface area contributed by atoms with Gasteiger partial charge in [-0.1, -0.05) is 6.07 Å². The molecule has 1 fully saturated rings. The van der Waals surface area contributed by atoms with E-state index in [1.807, 2.05) is 27.7 Å². The molecule has 0 aliphatic carbocycles. The fourth-order valence-corrected chi connectivity index (χ4v) is 6.55. The van der Waals surface area contributed by atoms with Crippen molar-refractivity contribution in [3.05, 3.63) is 135 Å². The maximum absolute atomic E-state index is 14.0. The lowest BCUT2D eigenvalue weighted by molar-refractivity contribution is -0.177. The Morgan fingerprint density at radius 3 is 1.50 bits per heavy atom. The molecule has 1 saturated heterocycles. The summed E-state index contributed by atoms with van der Waals surface area (Å²) in [6, 6.07) is 22.4. The van der Waals surface area contributed by atoms with E-state index < -0.39 is 67.9 Å². The summed E-state index contributed by atoms with van der Waals surface area (Å²) in [5.74, 6) is -1.32. The fourth-order valence-electron chi connectivity index (χ4n) is 5.85. The second kappa shape index (κ2) is 20.3. The number of hydrogen-bond donors (Lipinski definition) is 2. The van der Waals surface area contributed by atoms with Crippen LogP contribution in [0.1, 0.15) is 38.8 Å². The van der Waals surface area contributed by atoms with Crippen molar-refractivity contribution < 1.29 is 62.7 Å². The second-order valence-corrected chi connectivity index (χ2v) is 16.3. The SMILES string of the molecule is CC1(C)OB(c2cc(F)cc(COCC(F)(F)F)c2)OC1(C)C.Nc1cc(-c2cc(F)cc(COCC(F)(F)F)c2)n(-c2ccc(F)cc2)n1.Nc1cc(I)n(-c2ccc(F)cc2)n1. The summed E-state index contributed by atoms with van der Waals surface area (Å²) in [6.45, 7) is 3.88. The summed E-state index contributed by atoms with van der Waals surface area (Å²) < 4.78 is 151. The van der Waals surface area contributed by atoms with Gasteiger partial charge in [0.2, 0.25) is 0 Å². The second-order valence-electron chi connectivity index (χ2n) is 15.2. The highest BCUT2D eigenvalue weighted by molar-refractivity contribution is 14.1. The average molecular weight is 1020 g/mol. The van der Waals surface area contributed by atoms with E-state index in [-0.39, 0.29) is 23.8 Å². The number of hydrogen-bond acceptors (Lipinski definition) is 8. The molecule has 10 nitrogen and oxygen atoms in total. The molecule has 3 heterocycles. The van der Waals surface area contributed by atoms with E-state index in [2.05, 4.69) is 42.3 Å². The fraction of sp³-hybridized carbons (Fsp3) is 0.286. The number of rotatable bonds is 10. The van der Waals surface area contributed by atoms with Crippen LogP contribution in [0.4, 0.5) is 55.5 Å². The van der Waals surface area contributed by atoms with Crippen molar-refractivity contribution >= 4 is 46.8 Å². The van der Waals surface area contributed by atoms with Crippen molar-refractivity contribution in [2.75, 3.05) is 24.7 Å². The highest BCUT2D eigenvalue weighted by atomic mass is 127. The first-order valence-corrected chi connectivity index (χ1v) is 20.0. The van der Waals surface area contributed by atoms with Gasteiger partial charge < -0.3 is 30.2 Å². The van der Waals surface area contributed by atoms with Crippen LogP contribution >= 0.6 is 22.6 Å². The summed E-state index contributed by atoms with van der Waals surface area (Å²) in [6.07, 6.45) is -8.88. The molecule has 1 aliphatic heterocycles. The third-order valence-corrected chi connectivity index (χ3v) is 10.2. The van der Waals surface area contributed by atoms with Crippen molar-refractivity contribution in [3.63, 3.8) is 0 Å². The largest absolute Gasteiger partial charge is 0.494 e. The van der Waals surface area contributed by atoms with E-state index in [1.165, 1.54) is 71.4 Å². The van der Waals surface area contributed by atoms with Gasteiger partial charge in [0.15, 0.2) is 0 Å². The summed E-state index contributed by atoms with van der Waals surface area (Å²) in [5, 5.41) is 8.18. The van der Waals surface area contributed by atoms with Gasteiger partial charge in [-0.25, -0.2) is 26.9 Å². The number of aromatic nitrogens is 4. The van der Waals surface area contributed by atoms with Gasteiger partial charge in [0.05, 0.1) is 41.5 Å². The Morgan fingerprint density at radius 2 is 1.03 bits per heavy atom. The number of anilines is 2. The van der Waals surface area contributed by atoms with Gasteiger partial charge in [0.1, 0.15) is 51.8 Å². The van der Waals surface area contributed by atoms with E-state index in [0.717, 1.165) is 21.5 Å². The van der Waals surface area contributed by atoms with Gasteiger partial charge in [-0.15, -0.1) is 5.10 Å². The molecule has 22 heteroatoms. The number of alkyl halides is 6. The number of nitrogens with zero attached hydrogens (tertiary/aromatic N) is 4. The molecular weight excluding hydrogens is 980 g/mol. The van der Waals surface area contributed by atoms with Crippen LogP contribution in [0.5, 0.6) is 0 Å². The standard InChI is InChI=1S/C18H14F5N3O.C15H19BF4O3.C9H7FIN3/c19-13-1-3-15(4-2-13)26-16(8-17(24)25-26)12-5-11(6-14(20)7-12)9-27-10-18(21,22)23;1-13(2)14(3,4)23-16(22-13)11-5-10(6-12(17)7-11)8-21-9-15(18,19)20;10-6-1-3-7(4-2-6)14-8(11)5-9(12)13-14/h1-8H,9-10H2,(H2,24,25);5-7H,8-9H2,1-4H3;1-5H,(H2,12,13). The predicted molar refractivity (Wildman–Crippen MR) is 228 cm³/mol. The molecule has 0 amide bonds. The minimum absolute atomic E-state index is 0.147. The molecule has 0 atom stereocenters. The van der Waals surface area contributed by atoms with Crippen LogP contribution in [0.2, 0.25) is 0 Å². The molecule has 342 valence electrons. The van der Waals surface area contributed by atoms with Gasteiger partial charge in [0.25, 0.3) is 0 Å². The highest BCUT2D eigenvalue weighted by Gasteiger charge is 2.51. The first-order valence-electron chi connectivity index (χ1n) is 18.9. The van der Waals surface area contributed by atoms with Crippen molar-refractivity contribution in [1.82, 2.24) is 19.6 Å². The molecule has 0 unspecified atom stereocenters. The lowest BCUT2D eigenvalue weighted by atomic mass is 9.78. The van der Waals surface area contributed by atoms with Crippen LogP contribution in [0.3, 0.4) is 0 Å². The third kappa shape index (κ3) is 14.2. The Balaban J connectivity index is 0.000000189. The molecule has 0 spiro atoms. The van der Waals surface area contributed by atoms with Crippen molar-refractivity contribution in [3.8, 4) is 22.6 Å². The summed E-state index contributed by atoms with van der Waals surface area (Å²) in [7, 11) is -0.780. The van der Waals surface area contributed by atoms with E-state index in [4.69, 9.17) is 20.8 Å². The summed E-state index contributed by atoms with van der Waals surface area (Å²) in [4.78, 5) is 0. The molecule has 64 heavy (non-hydrogen) atoms. The number of nitrogens with two attached hydrogens (primary N) is 2. The van der Waals surface area contributed by atoms with E-state index in [1.54, 1.807) is 22.9 Å². The maximum Gasteiger partial charge on any atom is 0.494 e.